The molecule has 1 aromatic heterocycles. The molecule has 1 amide bonds. The minimum atomic E-state index is -3.73. The molecule has 9 nitrogen and oxygen atoms in total. The van der Waals surface area contributed by atoms with Crippen LogP contribution in [0.15, 0.2) is 33.7 Å². The van der Waals surface area contributed by atoms with Gasteiger partial charge in [-0.15, -0.1) is 0 Å². The molecule has 1 N–H and O–H groups in total. The molecular weight excluding hydrogens is 398 g/mol. The third kappa shape index (κ3) is 5.21. The maximum atomic E-state index is 12.7. The number of aryl methyl sites for hydroxylation is 2. The highest BCUT2D eigenvalue weighted by Gasteiger charge is 2.25. The topological polar surface area (TPSA) is 119 Å². The summed E-state index contributed by atoms with van der Waals surface area (Å²) < 4.78 is 36.8. The predicted octanol–water partition coefficient (Wildman–Crippen LogP) is 2.51. The monoisotopic (exact) mass is 423 g/mol. The van der Waals surface area contributed by atoms with Crippen LogP contribution < -0.4 is 5.32 Å². The summed E-state index contributed by atoms with van der Waals surface area (Å²) in [5.41, 5.74) is 0.614. The molecule has 0 saturated carbocycles. The number of nitrogens with one attached hydrogen (secondary N) is 1. The lowest BCUT2D eigenvalue weighted by molar-refractivity contribution is -0.123. The lowest BCUT2D eigenvalue weighted by Crippen LogP contribution is -2.31. The van der Waals surface area contributed by atoms with Crippen LogP contribution in [-0.4, -0.2) is 48.9 Å². The fourth-order valence-electron chi connectivity index (χ4n) is 2.62. The Kier molecular flexibility index (Phi) is 7.15. The molecule has 1 heterocycles. The number of hydrogen-bond acceptors (Lipinski definition) is 7. The average Bonchev–Trinajstić information content (AvgIpc) is 3.07. The van der Waals surface area contributed by atoms with E-state index in [4.69, 9.17) is 9.26 Å². The number of benzene rings is 1. The Balaban J connectivity index is 2.18. The van der Waals surface area contributed by atoms with Crippen molar-refractivity contribution in [2.75, 3.05) is 18.4 Å². The molecule has 0 fully saturated rings. The molecule has 0 saturated heterocycles. The van der Waals surface area contributed by atoms with Crippen molar-refractivity contribution in [1.82, 2.24) is 9.46 Å². The minimum absolute atomic E-state index is 0.00562. The number of anilines is 1. The Labute approximate surface area is 170 Å². The number of aromatic nitrogens is 1. The molecule has 1 aromatic carbocycles. The zero-order chi connectivity index (χ0) is 21.8. The Morgan fingerprint density at radius 3 is 2.41 bits per heavy atom. The number of rotatable bonds is 8. The first-order valence-electron chi connectivity index (χ1n) is 9.16. The van der Waals surface area contributed by atoms with Crippen molar-refractivity contribution in [3.63, 3.8) is 0 Å². The van der Waals surface area contributed by atoms with Crippen molar-refractivity contribution < 1.29 is 27.3 Å². The molecule has 158 valence electrons. The van der Waals surface area contributed by atoms with Gasteiger partial charge in [0, 0.05) is 19.2 Å². The van der Waals surface area contributed by atoms with Gasteiger partial charge in [0.15, 0.2) is 11.9 Å². The fourth-order valence-corrected chi connectivity index (χ4v) is 4.11. The number of carbonyl (C=O) groups is 2. The van der Waals surface area contributed by atoms with Crippen LogP contribution in [0.1, 0.15) is 42.5 Å². The van der Waals surface area contributed by atoms with Crippen LogP contribution in [-0.2, 0) is 19.6 Å². The SMILES string of the molecule is CCN(CC)S(=O)(=O)c1ccc(C)c(C(=O)O[C@H](C)C(=O)Nc2cc(C)on2)c1. The summed E-state index contributed by atoms with van der Waals surface area (Å²) in [6, 6.07) is 5.79. The first-order valence-corrected chi connectivity index (χ1v) is 10.6. The standard InChI is InChI=1S/C19H25N3O6S/c1-6-22(7-2)29(25,26)15-9-8-12(3)16(11-15)19(24)27-14(5)18(23)20-17-10-13(4)28-21-17/h8-11,14H,6-7H2,1-5H3,(H,20,21,23)/t14-/m1/s1. The molecule has 0 unspecified atom stereocenters. The van der Waals surface area contributed by atoms with Crippen molar-refractivity contribution in [3.8, 4) is 0 Å². The second-order valence-corrected chi connectivity index (χ2v) is 8.36. The van der Waals surface area contributed by atoms with Crippen molar-refractivity contribution in [3.05, 3.63) is 41.2 Å². The second-order valence-electron chi connectivity index (χ2n) is 6.43. The number of sulfonamides is 1. The summed E-state index contributed by atoms with van der Waals surface area (Å²) in [4.78, 5) is 24.8. The number of ether oxygens (including phenoxy) is 1. The van der Waals surface area contributed by atoms with E-state index in [1.54, 1.807) is 27.7 Å². The van der Waals surface area contributed by atoms with Gasteiger partial charge in [-0.1, -0.05) is 25.1 Å². The van der Waals surface area contributed by atoms with Gasteiger partial charge in [-0.05, 0) is 38.5 Å². The van der Waals surface area contributed by atoms with Crippen molar-refractivity contribution in [2.24, 2.45) is 0 Å². The van der Waals surface area contributed by atoms with Crippen LogP contribution in [0.5, 0.6) is 0 Å². The maximum absolute atomic E-state index is 12.7. The molecule has 0 radical (unpaired) electrons. The van der Waals surface area contributed by atoms with Gasteiger partial charge in [0.05, 0.1) is 10.5 Å². The van der Waals surface area contributed by atoms with E-state index in [1.165, 1.54) is 35.5 Å². The summed E-state index contributed by atoms with van der Waals surface area (Å²) in [6.45, 7) is 8.84. The van der Waals surface area contributed by atoms with E-state index in [0.29, 0.717) is 24.4 Å². The van der Waals surface area contributed by atoms with Crippen LogP contribution in [0.3, 0.4) is 0 Å². The van der Waals surface area contributed by atoms with Gasteiger partial charge in [-0.2, -0.15) is 4.31 Å². The lowest BCUT2D eigenvalue weighted by atomic mass is 10.1. The zero-order valence-electron chi connectivity index (χ0n) is 17.1. The van der Waals surface area contributed by atoms with E-state index in [2.05, 4.69) is 10.5 Å². The van der Waals surface area contributed by atoms with Crippen molar-refractivity contribution in [2.45, 2.75) is 45.6 Å². The van der Waals surface area contributed by atoms with Gasteiger partial charge in [0.2, 0.25) is 10.0 Å². The van der Waals surface area contributed by atoms with E-state index < -0.39 is 28.0 Å². The van der Waals surface area contributed by atoms with Gasteiger partial charge in [0.25, 0.3) is 5.91 Å². The highest BCUT2D eigenvalue weighted by atomic mass is 32.2. The van der Waals surface area contributed by atoms with Gasteiger partial charge < -0.3 is 14.6 Å². The molecule has 29 heavy (non-hydrogen) atoms. The number of hydrogen-bond donors (Lipinski definition) is 1. The van der Waals surface area contributed by atoms with E-state index in [0.717, 1.165) is 0 Å². The smallest absolute Gasteiger partial charge is 0.339 e. The lowest BCUT2D eigenvalue weighted by Gasteiger charge is -2.19. The Bertz CT molecular complexity index is 995. The largest absolute Gasteiger partial charge is 0.449 e. The summed E-state index contributed by atoms with van der Waals surface area (Å²) in [7, 11) is -3.73. The Morgan fingerprint density at radius 1 is 1.21 bits per heavy atom. The second kappa shape index (κ2) is 9.19. The average molecular weight is 423 g/mol. The van der Waals surface area contributed by atoms with Crippen molar-refractivity contribution in [1.29, 1.82) is 0 Å². The van der Waals surface area contributed by atoms with E-state index in [1.807, 2.05) is 0 Å². The number of carbonyl (C=O) groups excluding carboxylic acids is 2. The molecule has 0 aliphatic heterocycles. The van der Waals surface area contributed by atoms with Crippen LogP contribution in [0.4, 0.5) is 5.82 Å². The van der Waals surface area contributed by atoms with E-state index in [-0.39, 0.29) is 16.3 Å². The van der Waals surface area contributed by atoms with Crippen molar-refractivity contribution >= 4 is 27.7 Å². The molecule has 0 bridgehead atoms. The third-order valence-corrected chi connectivity index (χ3v) is 6.35. The third-order valence-electron chi connectivity index (χ3n) is 4.30. The molecule has 1 atom stereocenters. The van der Waals surface area contributed by atoms with Gasteiger partial charge >= 0.3 is 5.97 Å². The van der Waals surface area contributed by atoms with E-state index >= 15 is 0 Å². The maximum Gasteiger partial charge on any atom is 0.339 e. The molecule has 0 aliphatic carbocycles. The van der Waals surface area contributed by atoms with Gasteiger partial charge in [-0.3, -0.25) is 4.79 Å². The molecular formula is C19H25N3O6S. The predicted molar refractivity (Wildman–Crippen MR) is 106 cm³/mol. The quantitative estimate of drug-likeness (QED) is 0.648. The summed E-state index contributed by atoms with van der Waals surface area (Å²) in [6.07, 6.45) is -1.12. The summed E-state index contributed by atoms with van der Waals surface area (Å²) >= 11 is 0. The Hall–Kier alpha value is -2.72. The first-order chi connectivity index (χ1) is 13.6. The van der Waals surface area contributed by atoms with Gasteiger partial charge in [0.1, 0.15) is 5.76 Å². The normalized spacial score (nSPS) is 12.6. The van der Waals surface area contributed by atoms with E-state index in [9.17, 15) is 18.0 Å². The number of nitrogens with zero attached hydrogens (tertiary/aromatic N) is 2. The zero-order valence-corrected chi connectivity index (χ0v) is 17.9. The van der Waals surface area contributed by atoms with Crippen LogP contribution in [0.25, 0.3) is 0 Å². The highest BCUT2D eigenvalue weighted by Crippen LogP contribution is 2.21. The minimum Gasteiger partial charge on any atom is -0.449 e. The molecule has 0 spiro atoms. The Morgan fingerprint density at radius 2 is 1.86 bits per heavy atom. The summed E-state index contributed by atoms with van der Waals surface area (Å²) in [5.74, 6) is -0.653. The molecule has 10 heteroatoms. The highest BCUT2D eigenvalue weighted by molar-refractivity contribution is 7.89. The molecule has 0 aliphatic rings. The van der Waals surface area contributed by atoms with Gasteiger partial charge in [-0.25, -0.2) is 13.2 Å². The van der Waals surface area contributed by atoms with Crippen LogP contribution in [0.2, 0.25) is 0 Å². The summed E-state index contributed by atoms with van der Waals surface area (Å²) in [5, 5.41) is 6.12. The first kappa shape index (κ1) is 22.6. The number of esters is 1. The molecule has 2 rings (SSSR count). The number of amides is 1. The fraction of sp³-hybridized carbons (Fsp3) is 0.421. The molecule has 2 aromatic rings. The van der Waals surface area contributed by atoms with Crippen LogP contribution >= 0.6 is 0 Å². The van der Waals surface area contributed by atoms with Crippen LogP contribution in [0, 0.1) is 13.8 Å².